The lowest BCUT2D eigenvalue weighted by atomic mass is 10.1. The molecule has 1 aromatic heterocycles. The summed E-state index contributed by atoms with van der Waals surface area (Å²) in [7, 11) is -6.22. The number of pyridine rings is 1. The number of hydrogen-bond donors (Lipinski definition) is 0. The Labute approximate surface area is 207 Å². The van der Waals surface area contributed by atoms with Crippen LogP contribution in [-0.4, -0.2) is 59.4 Å². The molecule has 1 fully saturated rings. The van der Waals surface area contributed by atoms with Crippen LogP contribution in [0.25, 0.3) is 0 Å². The molecular weight excluding hydrogens is 484 g/mol. The topological polar surface area (TPSA) is 90.9 Å². The molecule has 8 nitrogen and oxygen atoms in total. The van der Waals surface area contributed by atoms with Crippen molar-refractivity contribution in [1.82, 2.24) is 9.29 Å². The number of benzene rings is 2. The average molecular weight is 515 g/mol. The number of rotatable bonds is 6. The first kappa shape index (κ1) is 25.2. The summed E-state index contributed by atoms with van der Waals surface area (Å²) in [4.78, 5) is 6.68. The van der Waals surface area contributed by atoms with Crippen molar-refractivity contribution in [3.05, 3.63) is 77.5 Å². The van der Waals surface area contributed by atoms with E-state index in [0.29, 0.717) is 43.0 Å². The highest BCUT2D eigenvalue weighted by Crippen LogP contribution is 2.34. The quantitative estimate of drug-likeness (QED) is 0.501. The lowest BCUT2D eigenvalue weighted by Gasteiger charge is -2.35. The third-order valence-electron chi connectivity index (χ3n) is 6.41. The van der Waals surface area contributed by atoms with Crippen molar-refractivity contribution >= 4 is 31.6 Å². The van der Waals surface area contributed by atoms with Gasteiger partial charge in [0, 0.05) is 39.4 Å². The number of aromatic nitrogens is 1. The summed E-state index contributed by atoms with van der Waals surface area (Å²) in [6, 6.07) is 15.5. The van der Waals surface area contributed by atoms with Crippen LogP contribution in [0.4, 0.5) is 11.5 Å². The van der Waals surface area contributed by atoms with Gasteiger partial charge in [0.05, 0.1) is 15.5 Å². The first-order valence-electron chi connectivity index (χ1n) is 11.4. The first-order valence-corrected chi connectivity index (χ1v) is 14.2. The number of anilines is 2. The Kier molecular flexibility index (Phi) is 6.90. The minimum atomic E-state index is -3.87. The van der Waals surface area contributed by atoms with Gasteiger partial charge in [0.15, 0.2) is 0 Å². The molecule has 1 saturated heterocycles. The summed E-state index contributed by atoms with van der Waals surface area (Å²) in [6.45, 7) is 7.02. The van der Waals surface area contributed by atoms with E-state index in [1.54, 1.807) is 56.4 Å². The van der Waals surface area contributed by atoms with E-state index in [1.165, 1.54) is 15.7 Å². The highest BCUT2D eigenvalue weighted by Gasteiger charge is 2.33. The number of piperazine rings is 1. The fourth-order valence-electron chi connectivity index (χ4n) is 4.41. The molecule has 0 bridgehead atoms. The lowest BCUT2D eigenvalue weighted by molar-refractivity contribution is 0.383. The standard InChI is InChI=1S/C25H30N4O4S2/c1-19-8-11-22(12-9-19)34(30,31)27(4)25-20(2)10-13-23(21(25)3)35(32,33)29-17-15-28(16-18-29)24-7-5-6-14-26-24/h5-14H,15-18H2,1-4H3. The van der Waals surface area contributed by atoms with Gasteiger partial charge in [-0.2, -0.15) is 4.31 Å². The van der Waals surface area contributed by atoms with Gasteiger partial charge in [0.2, 0.25) is 10.0 Å². The van der Waals surface area contributed by atoms with E-state index < -0.39 is 20.0 Å². The van der Waals surface area contributed by atoms with Crippen LogP contribution in [0.15, 0.2) is 70.6 Å². The minimum absolute atomic E-state index is 0.121. The van der Waals surface area contributed by atoms with Gasteiger partial charge in [0.25, 0.3) is 10.0 Å². The van der Waals surface area contributed by atoms with Crippen molar-refractivity contribution in [3.63, 3.8) is 0 Å². The summed E-state index contributed by atoms with van der Waals surface area (Å²) in [6.07, 6.45) is 1.72. The molecular formula is C25H30N4O4S2. The van der Waals surface area contributed by atoms with Gasteiger partial charge in [-0.25, -0.2) is 21.8 Å². The summed E-state index contributed by atoms with van der Waals surface area (Å²) in [5, 5.41) is 0. The zero-order chi connectivity index (χ0) is 25.4. The van der Waals surface area contributed by atoms with E-state index in [2.05, 4.69) is 9.88 Å². The predicted octanol–water partition coefficient (Wildman–Crippen LogP) is 3.34. The molecule has 0 spiro atoms. The molecule has 0 N–H and O–H groups in total. The van der Waals surface area contributed by atoms with Crippen molar-refractivity contribution in [1.29, 1.82) is 0 Å². The molecule has 35 heavy (non-hydrogen) atoms. The molecule has 1 aliphatic heterocycles. The zero-order valence-electron chi connectivity index (χ0n) is 20.3. The molecule has 0 aliphatic carbocycles. The van der Waals surface area contributed by atoms with Crippen molar-refractivity contribution in [2.24, 2.45) is 0 Å². The second kappa shape index (κ2) is 9.60. The van der Waals surface area contributed by atoms with Gasteiger partial charge < -0.3 is 4.90 Å². The highest BCUT2D eigenvalue weighted by atomic mass is 32.2. The van der Waals surface area contributed by atoms with Crippen molar-refractivity contribution in [2.45, 2.75) is 30.6 Å². The Morgan fingerprint density at radius 1 is 0.829 bits per heavy atom. The normalized spacial score (nSPS) is 15.3. The maximum atomic E-state index is 13.6. The minimum Gasteiger partial charge on any atom is -0.354 e. The fourth-order valence-corrected chi connectivity index (χ4v) is 7.37. The van der Waals surface area contributed by atoms with Crippen molar-refractivity contribution in [2.75, 3.05) is 42.4 Å². The highest BCUT2D eigenvalue weighted by molar-refractivity contribution is 7.92. The maximum absolute atomic E-state index is 13.6. The van der Waals surface area contributed by atoms with E-state index in [-0.39, 0.29) is 9.79 Å². The number of nitrogens with zero attached hydrogens (tertiary/aromatic N) is 4. The molecule has 0 radical (unpaired) electrons. The van der Waals surface area contributed by atoms with E-state index in [1.807, 2.05) is 25.1 Å². The summed E-state index contributed by atoms with van der Waals surface area (Å²) < 4.78 is 56.6. The molecule has 186 valence electrons. The van der Waals surface area contributed by atoms with Crippen LogP contribution in [0, 0.1) is 20.8 Å². The van der Waals surface area contributed by atoms with Crippen LogP contribution in [0.2, 0.25) is 0 Å². The van der Waals surface area contributed by atoms with Gasteiger partial charge in [-0.15, -0.1) is 0 Å². The SMILES string of the molecule is Cc1ccc(S(=O)(=O)N(C)c2c(C)ccc(S(=O)(=O)N3CCN(c4ccccn4)CC3)c2C)cc1. The first-order chi connectivity index (χ1) is 16.5. The second-order valence-electron chi connectivity index (χ2n) is 8.72. The summed E-state index contributed by atoms with van der Waals surface area (Å²) in [5.41, 5.74) is 2.42. The van der Waals surface area contributed by atoms with Crippen molar-refractivity contribution < 1.29 is 16.8 Å². The Morgan fingerprint density at radius 3 is 2.09 bits per heavy atom. The van der Waals surface area contributed by atoms with Crippen LogP contribution < -0.4 is 9.21 Å². The molecule has 2 heterocycles. The number of sulfonamides is 2. The largest absolute Gasteiger partial charge is 0.354 e. The molecule has 0 saturated carbocycles. The van der Waals surface area contributed by atoms with E-state index in [0.717, 1.165) is 11.4 Å². The van der Waals surface area contributed by atoms with Gasteiger partial charge in [-0.1, -0.05) is 29.8 Å². The molecule has 3 aromatic rings. The average Bonchev–Trinajstić information content (AvgIpc) is 2.84. The van der Waals surface area contributed by atoms with E-state index in [4.69, 9.17) is 0 Å². The number of hydrogen-bond acceptors (Lipinski definition) is 6. The van der Waals surface area contributed by atoms with Gasteiger partial charge in [-0.3, -0.25) is 4.31 Å². The van der Waals surface area contributed by atoms with E-state index >= 15 is 0 Å². The molecule has 0 unspecified atom stereocenters. The third kappa shape index (κ3) is 4.78. The zero-order valence-corrected chi connectivity index (χ0v) is 22.0. The smallest absolute Gasteiger partial charge is 0.264 e. The van der Waals surface area contributed by atoms with Crippen molar-refractivity contribution in [3.8, 4) is 0 Å². The Morgan fingerprint density at radius 2 is 1.49 bits per heavy atom. The molecule has 10 heteroatoms. The molecule has 0 amide bonds. The lowest BCUT2D eigenvalue weighted by Crippen LogP contribution is -2.49. The van der Waals surface area contributed by atoms with E-state index in [9.17, 15) is 16.8 Å². The van der Waals surface area contributed by atoms with Crippen LogP contribution >= 0.6 is 0 Å². The van der Waals surface area contributed by atoms with Crippen LogP contribution in [0.3, 0.4) is 0 Å². The maximum Gasteiger partial charge on any atom is 0.264 e. The summed E-state index contributed by atoms with van der Waals surface area (Å²) in [5.74, 6) is 0.821. The van der Waals surface area contributed by atoms with Crippen LogP contribution in [0.5, 0.6) is 0 Å². The number of aryl methyl sites for hydroxylation is 2. The Bertz CT molecular complexity index is 1420. The van der Waals surface area contributed by atoms with Gasteiger partial charge in [0.1, 0.15) is 5.82 Å². The predicted molar refractivity (Wildman–Crippen MR) is 138 cm³/mol. The van der Waals surface area contributed by atoms with Crippen LogP contribution in [0.1, 0.15) is 16.7 Å². The fraction of sp³-hybridized carbons (Fsp3) is 0.320. The molecule has 1 aliphatic rings. The molecule has 0 atom stereocenters. The van der Waals surface area contributed by atoms with Gasteiger partial charge in [-0.05, 0) is 62.2 Å². The monoisotopic (exact) mass is 514 g/mol. The van der Waals surface area contributed by atoms with Gasteiger partial charge >= 0.3 is 0 Å². The summed E-state index contributed by atoms with van der Waals surface area (Å²) >= 11 is 0. The second-order valence-corrected chi connectivity index (χ2v) is 12.6. The Balaban J connectivity index is 1.64. The molecule has 2 aromatic carbocycles. The van der Waals surface area contributed by atoms with Crippen LogP contribution in [-0.2, 0) is 20.0 Å². The molecule has 4 rings (SSSR count). The third-order valence-corrected chi connectivity index (χ3v) is 10.2. The Hall–Kier alpha value is -2.95.